The predicted octanol–water partition coefficient (Wildman–Crippen LogP) is 3.84. The van der Waals surface area contributed by atoms with Gasteiger partial charge in [0.1, 0.15) is 0 Å². The Balaban J connectivity index is 1.92. The molecular weight excluding hydrogens is 194 g/mol. The van der Waals surface area contributed by atoms with Gasteiger partial charge in [-0.05, 0) is 41.9 Å². The smallest absolute Gasteiger partial charge is 0.0183 e. The zero-order valence-corrected chi connectivity index (χ0v) is 11.9. The predicted molar refractivity (Wildman–Crippen MR) is 70.5 cm³/mol. The summed E-state index contributed by atoms with van der Waals surface area (Å²) in [7, 11) is 0. The maximum absolute atomic E-state index is 3.93. The van der Waals surface area contributed by atoms with E-state index in [1.807, 2.05) is 0 Å². The lowest BCUT2D eigenvalue weighted by molar-refractivity contribution is 0.231. The zero-order chi connectivity index (χ0) is 12.1. The summed E-state index contributed by atoms with van der Waals surface area (Å²) in [6.07, 6.45) is 4.19. The van der Waals surface area contributed by atoms with Gasteiger partial charge in [-0.25, -0.2) is 0 Å². The van der Waals surface area contributed by atoms with Gasteiger partial charge in [0.15, 0.2) is 0 Å². The molecule has 0 heterocycles. The fraction of sp³-hybridized carbons (Fsp3) is 1.00. The molecule has 1 nitrogen and oxygen atoms in total. The van der Waals surface area contributed by atoms with E-state index in [4.69, 9.17) is 0 Å². The minimum atomic E-state index is 0.483. The minimum absolute atomic E-state index is 0.483. The quantitative estimate of drug-likeness (QED) is 0.750. The number of rotatable bonds is 2. The van der Waals surface area contributed by atoms with Crippen LogP contribution >= 0.6 is 0 Å². The second-order valence-electron chi connectivity index (χ2n) is 7.66. The number of nitrogens with one attached hydrogen (secondary N) is 1. The van der Waals surface area contributed by atoms with Crippen molar-refractivity contribution in [2.45, 2.75) is 72.9 Å². The van der Waals surface area contributed by atoms with Crippen molar-refractivity contribution >= 4 is 0 Å². The summed E-state index contributed by atoms with van der Waals surface area (Å²) in [6, 6.07) is 1.49. The average Bonchev–Trinajstić information content (AvgIpc) is 2.46. The third-order valence-electron chi connectivity index (χ3n) is 5.60. The molecule has 0 radical (unpaired) electrons. The van der Waals surface area contributed by atoms with Crippen molar-refractivity contribution in [2.75, 3.05) is 0 Å². The summed E-state index contributed by atoms with van der Waals surface area (Å²) >= 11 is 0. The molecule has 16 heavy (non-hydrogen) atoms. The summed E-state index contributed by atoms with van der Waals surface area (Å²) in [5.41, 5.74) is 0.966. The molecular formula is C15H29N. The Bertz CT molecular complexity index is 243. The highest BCUT2D eigenvalue weighted by Crippen LogP contribution is 2.63. The maximum atomic E-state index is 3.93. The Kier molecular flexibility index (Phi) is 2.89. The Hall–Kier alpha value is -0.0400. The molecule has 1 heteroatoms. The monoisotopic (exact) mass is 223 g/mol. The lowest BCUT2D eigenvalue weighted by atomic mass is 9.80. The van der Waals surface area contributed by atoms with Crippen LogP contribution in [0.25, 0.3) is 0 Å². The fourth-order valence-electron chi connectivity index (χ4n) is 3.93. The highest BCUT2D eigenvalue weighted by molar-refractivity contribution is 5.18. The van der Waals surface area contributed by atoms with E-state index in [0.29, 0.717) is 10.8 Å². The van der Waals surface area contributed by atoms with E-state index >= 15 is 0 Å². The van der Waals surface area contributed by atoms with Crippen molar-refractivity contribution in [1.82, 2.24) is 5.32 Å². The SMILES string of the molecule is CC1CC(C)CC(NC2C(C)(C)C2(C)C)C1. The molecule has 0 aromatic rings. The largest absolute Gasteiger partial charge is 0.310 e. The van der Waals surface area contributed by atoms with Crippen LogP contribution in [0.15, 0.2) is 0 Å². The van der Waals surface area contributed by atoms with Gasteiger partial charge in [-0.1, -0.05) is 41.5 Å². The van der Waals surface area contributed by atoms with Crippen LogP contribution in [0.4, 0.5) is 0 Å². The summed E-state index contributed by atoms with van der Waals surface area (Å²) in [4.78, 5) is 0. The van der Waals surface area contributed by atoms with E-state index in [1.54, 1.807) is 0 Å². The van der Waals surface area contributed by atoms with Gasteiger partial charge in [-0.2, -0.15) is 0 Å². The van der Waals surface area contributed by atoms with Gasteiger partial charge >= 0.3 is 0 Å². The van der Waals surface area contributed by atoms with E-state index in [-0.39, 0.29) is 0 Å². The van der Waals surface area contributed by atoms with Crippen LogP contribution < -0.4 is 5.32 Å². The van der Waals surface area contributed by atoms with Gasteiger partial charge in [0.2, 0.25) is 0 Å². The number of hydrogen-bond donors (Lipinski definition) is 1. The molecule has 2 aliphatic rings. The van der Waals surface area contributed by atoms with Crippen LogP contribution in [-0.2, 0) is 0 Å². The van der Waals surface area contributed by atoms with Crippen molar-refractivity contribution in [3.05, 3.63) is 0 Å². The third kappa shape index (κ3) is 1.92. The molecule has 1 N–H and O–H groups in total. The first-order valence-electron chi connectivity index (χ1n) is 7.01. The van der Waals surface area contributed by atoms with Crippen molar-refractivity contribution in [3.63, 3.8) is 0 Å². The Labute approximate surface area is 101 Å². The molecule has 0 aromatic heterocycles. The van der Waals surface area contributed by atoms with E-state index in [0.717, 1.165) is 23.9 Å². The molecule has 0 amide bonds. The number of hydrogen-bond acceptors (Lipinski definition) is 1. The van der Waals surface area contributed by atoms with Gasteiger partial charge in [0.05, 0.1) is 0 Å². The molecule has 0 aromatic carbocycles. The van der Waals surface area contributed by atoms with Gasteiger partial charge in [0, 0.05) is 12.1 Å². The van der Waals surface area contributed by atoms with Crippen LogP contribution in [0.1, 0.15) is 60.8 Å². The summed E-state index contributed by atoms with van der Waals surface area (Å²) in [6.45, 7) is 14.4. The first kappa shape index (κ1) is 12.4. The van der Waals surface area contributed by atoms with E-state index in [2.05, 4.69) is 46.9 Å². The molecule has 2 fully saturated rings. The molecule has 2 unspecified atom stereocenters. The van der Waals surface area contributed by atoms with Crippen LogP contribution in [0.2, 0.25) is 0 Å². The van der Waals surface area contributed by atoms with Crippen molar-refractivity contribution < 1.29 is 0 Å². The van der Waals surface area contributed by atoms with Crippen molar-refractivity contribution in [1.29, 1.82) is 0 Å². The normalized spacial score (nSPS) is 42.0. The molecule has 2 saturated carbocycles. The molecule has 2 atom stereocenters. The van der Waals surface area contributed by atoms with Crippen LogP contribution in [0.5, 0.6) is 0 Å². The topological polar surface area (TPSA) is 12.0 Å². The highest BCUT2D eigenvalue weighted by atomic mass is 15.1. The second kappa shape index (κ2) is 3.73. The molecule has 0 aliphatic heterocycles. The lowest BCUT2D eigenvalue weighted by Crippen LogP contribution is -2.39. The molecule has 0 bridgehead atoms. The van der Waals surface area contributed by atoms with E-state index in [1.165, 1.54) is 19.3 Å². The molecule has 0 saturated heterocycles. The van der Waals surface area contributed by atoms with Crippen LogP contribution in [-0.4, -0.2) is 12.1 Å². The van der Waals surface area contributed by atoms with E-state index < -0.39 is 0 Å². The lowest BCUT2D eigenvalue weighted by Gasteiger charge is -2.32. The second-order valence-corrected chi connectivity index (χ2v) is 7.66. The van der Waals surface area contributed by atoms with Crippen LogP contribution in [0.3, 0.4) is 0 Å². The van der Waals surface area contributed by atoms with Gasteiger partial charge in [0.25, 0.3) is 0 Å². The average molecular weight is 223 g/mol. The third-order valence-corrected chi connectivity index (χ3v) is 5.60. The summed E-state index contributed by atoms with van der Waals surface area (Å²) in [5.74, 6) is 1.82. The van der Waals surface area contributed by atoms with Gasteiger partial charge < -0.3 is 5.32 Å². The Morgan fingerprint density at radius 3 is 1.62 bits per heavy atom. The highest BCUT2D eigenvalue weighted by Gasteiger charge is 2.64. The Morgan fingerprint density at radius 1 is 0.812 bits per heavy atom. The van der Waals surface area contributed by atoms with Crippen LogP contribution in [0, 0.1) is 22.7 Å². The maximum Gasteiger partial charge on any atom is 0.0183 e. The molecule has 2 aliphatic carbocycles. The molecule has 0 spiro atoms. The standard InChI is InChI=1S/C15H29N/c1-10-7-11(2)9-12(8-10)16-13-14(3,4)15(13,5)6/h10-13,16H,7-9H2,1-6H3. The van der Waals surface area contributed by atoms with Crippen molar-refractivity contribution in [3.8, 4) is 0 Å². The van der Waals surface area contributed by atoms with Gasteiger partial charge in [-0.15, -0.1) is 0 Å². The van der Waals surface area contributed by atoms with Gasteiger partial charge in [-0.3, -0.25) is 0 Å². The summed E-state index contributed by atoms with van der Waals surface area (Å²) in [5, 5.41) is 3.93. The fourth-order valence-corrected chi connectivity index (χ4v) is 3.93. The molecule has 94 valence electrons. The molecule has 2 rings (SSSR count). The first-order chi connectivity index (χ1) is 7.25. The first-order valence-corrected chi connectivity index (χ1v) is 7.01. The van der Waals surface area contributed by atoms with E-state index in [9.17, 15) is 0 Å². The van der Waals surface area contributed by atoms with Crippen molar-refractivity contribution in [2.24, 2.45) is 22.7 Å². The Morgan fingerprint density at radius 2 is 1.25 bits per heavy atom. The summed E-state index contributed by atoms with van der Waals surface area (Å²) < 4.78 is 0. The zero-order valence-electron chi connectivity index (χ0n) is 11.9. The minimum Gasteiger partial charge on any atom is -0.310 e.